The summed E-state index contributed by atoms with van der Waals surface area (Å²) in [6, 6.07) is 8.34. The first-order valence-electron chi connectivity index (χ1n) is 7.62. The van der Waals surface area contributed by atoms with Gasteiger partial charge in [-0.2, -0.15) is 0 Å². The lowest BCUT2D eigenvalue weighted by molar-refractivity contribution is -0.127. The molecule has 1 amide bonds. The number of aryl methyl sites for hydroxylation is 1. The van der Waals surface area contributed by atoms with Gasteiger partial charge in [-0.15, -0.1) is 0 Å². The number of amides is 1. The second-order valence-corrected chi connectivity index (χ2v) is 5.93. The molecule has 20 heavy (non-hydrogen) atoms. The number of benzene rings is 1. The smallest absolute Gasteiger partial charge is 0.230 e. The third kappa shape index (κ3) is 2.88. The molecule has 0 radical (unpaired) electrons. The normalized spacial score (nSPS) is 22.9. The molecule has 0 saturated carbocycles. The highest BCUT2D eigenvalue weighted by Crippen LogP contribution is 2.37. The lowest BCUT2D eigenvalue weighted by Gasteiger charge is -2.36. The van der Waals surface area contributed by atoms with E-state index in [1.54, 1.807) is 0 Å². The monoisotopic (exact) mass is 275 g/mol. The molecule has 1 aromatic rings. The lowest BCUT2D eigenvalue weighted by atomic mass is 9.70. The molecule has 0 aliphatic heterocycles. The third-order valence-electron chi connectivity index (χ3n) is 4.54. The molecule has 1 aliphatic rings. The quantitative estimate of drug-likeness (QED) is 0.867. The molecule has 3 heteroatoms. The van der Waals surface area contributed by atoms with Crippen molar-refractivity contribution in [2.24, 2.45) is 0 Å². The van der Waals surface area contributed by atoms with Crippen LogP contribution >= 0.6 is 0 Å². The van der Waals surface area contributed by atoms with Crippen molar-refractivity contribution in [3.8, 4) is 0 Å². The minimum atomic E-state index is -0.433. The molecular formula is C17H25NO2. The molecule has 1 aliphatic carbocycles. The van der Waals surface area contributed by atoms with Gasteiger partial charge in [0, 0.05) is 12.6 Å². The molecule has 0 saturated heterocycles. The van der Waals surface area contributed by atoms with E-state index in [1.165, 1.54) is 11.1 Å². The first-order chi connectivity index (χ1) is 9.61. The van der Waals surface area contributed by atoms with E-state index in [0.29, 0.717) is 6.42 Å². The number of carbonyl (C=O) groups is 1. The van der Waals surface area contributed by atoms with E-state index < -0.39 is 5.41 Å². The number of aliphatic hydroxyl groups excluding tert-OH is 1. The molecule has 0 heterocycles. The molecule has 2 N–H and O–H groups in total. The third-order valence-corrected chi connectivity index (χ3v) is 4.54. The van der Waals surface area contributed by atoms with Crippen molar-refractivity contribution in [1.82, 2.24) is 5.32 Å². The first kappa shape index (κ1) is 15.0. The average Bonchev–Trinajstić information content (AvgIpc) is 2.47. The van der Waals surface area contributed by atoms with Crippen LogP contribution in [0.3, 0.4) is 0 Å². The van der Waals surface area contributed by atoms with Crippen LogP contribution in [0, 0.1) is 0 Å². The van der Waals surface area contributed by atoms with Gasteiger partial charge in [-0.1, -0.05) is 31.2 Å². The standard InChI is InChI=1S/C17H25NO2/c1-3-14(10-12-19)18-16(20)17(2)11-6-8-13-7-4-5-9-15(13)17/h4-5,7,9,14,19H,3,6,8,10-12H2,1-2H3,(H,18,20). The summed E-state index contributed by atoms with van der Waals surface area (Å²) in [6.45, 7) is 4.20. The summed E-state index contributed by atoms with van der Waals surface area (Å²) in [5.74, 6) is 0.102. The van der Waals surface area contributed by atoms with Crippen LogP contribution in [0.5, 0.6) is 0 Å². The Labute approximate surface area is 121 Å². The minimum absolute atomic E-state index is 0.0680. The van der Waals surface area contributed by atoms with Gasteiger partial charge in [0.05, 0.1) is 5.41 Å². The molecule has 0 bridgehead atoms. The largest absolute Gasteiger partial charge is 0.396 e. The molecule has 0 fully saturated rings. The van der Waals surface area contributed by atoms with E-state index in [9.17, 15) is 4.79 Å². The van der Waals surface area contributed by atoms with Crippen LogP contribution in [-0.2, 0) is 16.6 Å². The Bertz CT molecular complexity index is 472. The number of carbonyl (C=O) groups excluding carboxylic acids is 1. The maximum Gasteiger partial charge on any atom is 0.230 e. The summed E-state index contributed by atoms with van der Waals surface area (Å²) in [4.78, 5) is 12.7. The van der Waals surface area contributed by atoms with Gasteiger partial charge in [-0.05, 0) is 50.2 Å². The van der Waals surface area contributed by atoms with E-state index in [4.69, 9.17) is 5.11 Å². The Morgan fingerprint density at radius 3 is 2.90 bits per heavy atom. The SMILES string of the molecule is CCC(CCO)NC(=O)C1(C)CCCc2ccccc21. The minimum Gasteiger partial charge on any atom is -0.396 e. The average molecular weight is 275 g/mol. The fourth-order valence-corrected chi connectivity index (χ4v) is 3.16. The summed E-state index contributed by atoms with van der Waals surface area (Å²) in [5, 5.41) is 12.2. The van der Waals surface area contributed by atoms with Crippen molar-refractivity contribution < 1.29 is 9.90 Å². The summed E-state index contributed by atoms with van der Waals surface area (Å²) in [6.07, 6.45) is 4.49. The van der Waals surface area contributed by atoms with Crippen molar-refractivity contribution >= 4 is 5.91 Å². The fourth-order valence-electron chi connectivity index (χ4n) is 3.16. The fraction of sp³-hybridized carbons (Fsp3) is 0.588. The van der Waals surface area contributed by atoms with Crippen molar-refractivity contribution in [3.63, 3.8) is 0 Å². The van der Waals surface area contributed by atoms with Crippen molar-refractivity contribution in [2.45, 2.75) is 57.4 Å². The van der Waals surface area contributed by atoms with E-state index in [1.807, 2.05) is 26.0 Å². The number of rotatable bonds is 5. The molecule has 3 nitrogen and oxygen atoms in total. The van der Waals surface area contributed by atoms with Crippen LogP contribution in [0.2, 0.25) is 0 Å². The Kier molecular flexibility index (Phi) is 4.81. The van der Waals surface area contributed by atoms with Crippen LogP contribution in [0.1, 0.15) is 50.7 Å². The highest BCUT2D eigenvalue weighted by atomic mass is 16.3. The number of aliphatic hydroxyl groups is 1. The molecule has 2 rings (SSSR count). The predicted molar refractivity (Wildman–Crippen MR) is 80.7 cm³/mol. The predicted octanol–water partition coefficient (Wildman–Crippen LogP) is 2.56. The van der Waals surface area contributed by atoms with Crippen molar-refractivity contribution in [1.29, 1.82) is 0 Å². The lowest BCUT2D eigenvalue weighted by Crippen LogP contribution is -2.48. The van der Waals surface area contributed by atoms with Crippen molar-refractivity contribution in [2.75, 3.05) is 6.61 Å². The van der Waals surface area contributed by atoms with Gasteiger partial charge >= 0.3 is 0 Å². The van der Waals surface area contributed by atoms with E-state index >= 15 is 0 Å². The molecule has 0 spiro atoms. The number of hydrogen-bond donors (Lipinski definition) is 2. The van der Waals surface area contributed by atoms with Gasteiger partial charge in [0.15, 0.2) is 0 Å². The van der Waals surface area contributed by atoms with E-state index in [0.717, 1.165) is 25.7 Å². The molecular weight excluding hydrogens is 250 g/mol. The van der Waals surface area contributed by atoms with Gasteiger partial charge < -0.3 is 10.4 Å². The summed E-state index contributed by atoms with van der Waals surface area (Å²) >= 11 is 0. The summed E-state index contributed by atoms with van der Waals surface area (Å²) in [7, 11) is 0. The van der Waals surface area contributed by atoms with Gasteiger partial charge in [0.25, 0.3) is 0 Å². The Morgan fingerprint density at radius 2 is 2.20 bits per heavy atom. The van der Waals surface area contributed by atoms with Crippen LogP contribution in [-0.4, -0.2) is 23.7 Å². The zero-order chi connectivity index (χ0) is 14.6. The van der Waals surface area contributed by atoms with Crippen LogP contribution < -0.4 is 5.32 Å². The van der Waals surface area contributed by atoms with Crippen LogP contribution in [0.15, 0.2) is 24.3 Å². The second kappa shape index (κ2) is 6.40. The highest BCUT2D eigenvalue weighted by molar-refractivity contribution is 5.88. The zero-order valence-electron chi connectivity index (χ0n) is 12.5. The van der Waals surface area contributed by atoms with E-state index in [2.05, 4.69) is 17.4 Å². The van der Waals surface area contributed by atoms with Crippen molar-refractivity contribution in [3.05, 3.63) is 35.4 Å². The maximum atomic E-state index is 12.7. The van der Waals surface area contributed by atoms with Gasteiger partial charge in [-0.3, -0.25) is 4.79 Å². The second-order valence-electron chi connectivity index (χ2n) is 5.93. The highest BCUT2D eigenvalue weighted by Gasteiger charge is 2.39. The molecule has 0 aromatic heterocycles. The Morgan fingerprint density at radius 1 is 1.45 bits per heavy atom. The molecule has 2 unspecified atom stereocenters. The van der Waals surface area contributed by atoms with Crippen LogP contribution in [0.4, 0.5) is 0 Å². The zero-order valence-corrected chi connectivity index (χ0v) is 12.5. The summed E-state index contributed by atoms with van der Waals surface area (Å²) in [5.41, 5.74) is 2.03. The topological polar surface area (TPSA) is 49.3 Å². The van der Waals surface area contributed by atoms with E-state index in [-0.39, 0.29) is 18.6 Å². The molecule has 110 valence electrons. The maximum absolute atomic E-state index is 12.7. The number of nitrogens with one attached hydrogen (secondary N) is 1. The van der Waals surface area contributed by atoms with Gasteiger partial charge in [-0.25, -0.2) is 0 Å². The van der Waals surface area contributed by atoms with Gasteiger partial charge in [0.1, 0.15) is 0 Å². The van der Waals surface area contributed by atoms with Crippen LogP contribution in [0.25, 0.3) is 0 Å². The first-order valence-corrected chi connectivity index (χ1v) is 7.62. The molecule has 2 atom stereocenters. The van der Waals surface area contributed by atoms with Gasteiger partial charge in [0.2, 0.25) is 5.91 Å². The number of fused-ring (bicyclic) bond motifs is 1. The number of hydrogen-bond acceptors (Lipinski definition) is 2. The Balaban J connectivity index is 2.21. The summed E-state index contributed by atoms with van der Waals surface area (Å²) < 4.78 is 0. The molecule has 1 aromatic carbocycles. The Hall–Kier alpha value is -1.35.